The number of pyridine rings is 1. The van der Waals surface area contributed by atoms with E-state index in [1.165, 1.54) is 12.1 Å². The standard InChI is InChI=1S/C22H20F2N4O3/c1-2-18(14-6-4-3-5-7-14)27-22(29)15-8-9-19(21(10-15)28(30)31)26-13-20-17(24)11-16(23)12-25-20/h3-12,18,26H,2,13H2,1H3,(H,27,29)/t18-/m1/s1. The molecule has 31 heavy (non-hydrogen) atoms. The molecule has 1 atom stereocenters. The van der Waals surface area contributed by atoms with Crippen molar-refractivity contribution < 1.29 is 18.5 Å². The summed E-state index contributed by atoms with van der Waals surface area (Å²) in [6.07, 6.45) is 1.51. The van der Waals surface area contributed by atoms with E-state index in [4.69, 9.17) is 0 Å². The van der Waals surface area contributed by atoms with Crippen LogP contribution in [0.5, 0.6) is 0 Å². The van der Waals surface area contributed by atoms with Gasteiger partial charge in [0.2, 0.25) is 0 Å². The zero-order chi connectivity index (χ0) is 22.4. The summed E-state index contributed by atoms with van der Waals surface area (Å²) in [5.41, 5.74) is 0.703. The summed E-state index contributed by atoms with van der Waals surface area (Å²) in [4.78, 5) is 27.2. The van der Waals surface area contributed by atoms with Gasteiger partial charge in [0.05, 0.1) is 29.4 Å². The molecule has 2 N–H and O–H groups in total. The largest absolute Gasteiger partial charge is 0.374 e. The first kappa shape index (κ1) is 21.8. The minimum absolute atomic E-state index is 0.0853. The molecule has 2 aromatic carbocycles. The second-order valence-corrected chi connectivity index (χ2v) is 6.77. The van der Waals surface area contributed by atoms with Crippen molar-refractivity contribution in [2.24, 2.45) is 0 Å². The number of nitrogens with one attached hydrogen (secondary N) is 2. The van der Waals surface area contributed by atoms with E-state index in [0.29, 0.717) is 12.5 Å². The molecule has 0 unspecified atom stereocenters. The number of hydrogen-bond donors (Lipinski definition) is 2. The fraction of sp³-hybridized carbons (Fsp3) is 0.182. The van der Waals surface area contributed by atoms with E-state index in [2.05, 4.69) is 15.6 Å². The minimum Gasteiger partial charge on any atom is -0.374 e. The molecule has 1 amide bonds. The number of amides is 1. The van der Waals surface area contributed by atoms with Gasteiger partial charge < -0.3 is 10.6 Å². The van der Waals surface area contributed by atoms with Crippen LogP contribution in [-0.4, -0.2) is 15.8 Å². The summed E-state index contributed by atoms with van der Waals surface area (Å²) in [6, 6.07) is 13.8. The summed E-state index contributed by atoms with van der Waals surface area (Å²) in [7, 11) is 0. The highest BCUT2D eigenvalue weighted by atomic mass is 19.1. The van der Waals surface area contributed by atoms with E-state index >= 15 is 0 Å². The van der Waals surface area contributed by atoms with Crippen molar-refractivity contribution in [3.8, 4) is 0 Å². The van der Waals surface area contributed by atoms with Crippen LogP contribution in [-0.2, 0) is 6.54 Å². The van der Waals surface area contributed by atoms with Crippen molar-refractivity contribution in [2.75, 3.05) is 5.32 Å². The van der Waals surface area contributed by atoms with Gasteiger partial charge in [-0.3, -0.25) is 19.9 Å². The van der Waals surface area contributed by atoms with Gasteiger partial charge >= 0.3 is 0 Å². The Morgan fingerprint density at radius 1 is 1.16 bits per heavy atom. The predicted molar refractivity (Wildman–Crippen MR) is 112 cm³/mol. The molecule has 0 saturated heterocycles. The van der Waals surface area contributed by atoms with Gasteiger partial charge in [-0.05, 0) is 24.1 Å². The van der Waals surface area contributed by atoms with Crippen molar-refractivity contribution in [3.05, 3.63) is 99.4 Å². The lowest BCUT2D eigenvalue weighted by molar-refractivity contribution is -0.384. The third-order valence-electron chi connectivity index (χ3n) is 4.70. The van der Waals surface area contributed by atoms with Gasteiger partial charge in [-0.15, -0.1) is 0 Å². The van der Waals surface area contributed by atoms with Gasteiger partial charge in [-0.1, -0.05) is 37.3 Å². The Bertz CT molecular complexity index is 1090. The lowest BCUT2D eigenvalue weighted by atomic mass is 10.0. The molecule has 160 valence electrons. The van der Waals surface area contributed by atoms with Crippen LogP contribution in [0, 0.1) is 21.7 Å². The maximum Gasteiger partial charge on any atom is 0.293 e. The number of hydrogen-bond acceptors (Lipinski definition) is 5. The Balaban J connectivity index is 1.77. The van der Waals surface area contributed by atoms with Crippen molar-refractivity contribution in [1.82, 2.24) is 10.3 Å². The van der Waals surface area contributed by atoms with Gasteiger partial charge in [-0.2, -0.15) is 0 Å². The number of halogens is 2. The maximum absolute atomic E-state index is 13.7. The van der Waals surface area contributed by atoms with Crippen LogP contribution < -0.4 is 10.6 Å². The van der Waals surface area contributed by atoms with E-state index in [1.54, 1.807) is 0 Å². The number of rotatable bonds is 8. The second kappa shape index (κ2) is 9.75. The maximum atomic E-state index is 13.7. The number of nitro benzene ring substituents is 1. The average molecular weight is 426 g/mol. The molecule has 0 radical (unpaired) electrons. The lowest BCUT2D eigenvalue weighted by Gasteiger charge is -2.17. The van der Waals surface area contributed by atoms with Gasteiger partial charge in [0.1, 0.15) is 17.3 Å². The van der Waals surface area contributed by atoms with Crippen LogP contribution >= 0.6 is 0 Å². The highest BCUT2D eigenvalue weighted by Crippen LogP contribution is 2.27. The van der Waals surface area contributed by atoms with Crippen LogP contribution in [0.1, 0.15) is 41.0 Å². The number of aromatic nitrogens is 1. The molecular formula is C22H20F2N4O3. The smallest absolute Gasteiger partial charge is 0.293 e. The minimum atomic E-state index is -0.863. The fourth-order valence-electron chi connectivity index (χ4n) is 3.07. The first-order chi connectivity index (χ1) is 14.9. The fourth-order valence-corrected chi connectivity index (χ4v) is 3.07. The number of carbonyl (C=O) groups is 1. The molecule has 0 aliphatic rings. The number of benzene rings is 2. The molecule has 3 rings (SSSR count). The van der Waals surface area contributed by atoms with E-state index in [-0.39, 0.29) is 35.2 Å². The Labute approximate surface area is 177 Å². The summed E-state index contributed by atoms with van der Waals surface area (Å²) in [5.74, 6) is -2.13. The SMILES string of the molecule is CC[C@@H](NC(=O)c1ccc(NCc2ncc(F)cc2F)c([N+](=O)[O-])c1)c1ccccc1. The quantitative estimate of drug-likeness (QED) is 0.400. The molecule has 1 heterocycles. The highest BCUT2D eigenvalue weighted by molar-refractivity contribution is 5.96. The van der Waals surface area contributed by atoms with Crippen LogP contribution in [0.15, 0.2) is 60.8 Å². The third-order valence-corrected chi connectivity index (χ3v) is 4.70. The Hall–Kier alpha value is -3.88. The summed E-state index contributed by atoms with van der Waals surface area (Å²) < 4.78 is 26.7. The lowest BCUT2D eigenvalue weighted by Crippen LogP contribution is -2.28. The molecular weight excluding hydrogens is 406 g/mol. The van der Waals surface area contributed by atoms with Crippen LogP contribution in [0.2, 0.25) is 0 Å². The molecule has 0 bridgehead atoms. The molecule has 7 nitrogen and oxygen atoms in total. The highest BCUT2D eigenvalue weighted by Gasteiger charge is 2.20. The molecule has 0 aliphatic heterocycles. The Kier molecular flexibility index (Phi) is 6.86. The molecule has 9 heteroatoms. The summed E-state index contributed by atoms with van der Waals surface area (Å²) in [6.45, 7) is 1.74. The summed E-state index contributed by atoms with van der Waals surface area (Å²) in [5, 5.41) is 17.1. The Morgan fingerprint density at radius 3 is 2.55 bits per heavy atom. The van der Waals surface area contributed by atoms with Crippen molar-refractivity contribution in [3.63, 3.8) is 0 Å². The number of carbonyl (C=O) groups excluding carboxylic acids is 1. The second-order valence-electron chi connectivity index (χ2n) is 6.77. The van der Waals surface area contributed by atoms with Gasteiger partial charge in [0, 0.05) is 17.7 Å². The summed E-state index contributed by atoms with van der Waals surface area (Å²) >= 11 is 0. The van der Waals surface area contributed by atoms with Crippen LogP contribution in [0.4, 0.5) is 20.2 Å². The van der Waals surface area contributed by atoms with Crippen molar-refractivity contribution in [2.45, 2.75) is 25.9 Å². The van der Waals surface area contributed by atoms with Crippen molar-refractivity contribution in [1.29, 1.82) is 0 Å². The predicted octanol–water partition coefficient (Wildman–Crippen LogP) is 4.76. The van der Waals surface area contributed by atoms with E-state index < -0.39 is 22.5 Å². The van der Waals surface area contributed by atoms with Gasteiger partial charge in [0.25, 0.3) is 11.6 Å². The molecule has 0 fully saturated rings. The monoisotopic (exact) mass is 426 g/mol. The van der Waals surface area contributed by atoms with Crippen molar-refractivity contribution >= 4 is 17.3 Å². The van der Waals surface area contributed by atoms with E-state index in [0.717, 1.165) is 17.8 Å². The van der Waals surface area contributed by atoms with E-state index in [9.17, 15) is 23.7 Å². The van der Waals surface area contributed by atoms with Crippen LogP contribution in [0.25, 0.3) is 0 Å². The average Bonchev–Trinajstić information content (AvgIpc) is 2.77. The Morgan fingerprint density at radius 2 is 1.90 bits per heavy atom. The molecule has 3 aromatic rings. The first-order valence-corrected chi connectivity index (χ1v) is 9.57. The number of nitro groups is 1. The van der Waals surface area contributed by atoms with E-state index in [1.807, 2.05) is 37.3 Å². The zero-order valence-electron chi connectivity index (χ0n) is 16.6. The number of anilines is 1. The van der Waals surface area contributed by atoms with Gasteiger partial charge in [-0.25, -0.2) is 8.78 Å². The first-order valence-electron chi connectivity index (χ1n) is 9.57. The third kappa shape index (κ3) is 5.39. The molecule has 0 spiro atoms. The number of nitrogens with zero attached hydrogens (tertiary/aromatic N) is 2. The molecule has 1 aromatic heterocycles. The molecule has 0 aliphatic carbocycles. The molecule has 0 saturated carbocycles. The topological polar surface area (TPSA) is 97.2 Å². The normalized spacial score (nSPS) is 11.6. The van der Waals surface area contributed by atoms with Crippen LogP contribution in [0.3, 0.4) is 0 Å². The zero-order valence-corrected chi connectivity index (χ0v) is 16.6. The van der Waals surface area contributed by atoms with Gasteiger partial charge in [0.15, 0.2) is 0 Å².